The Bertz CT molecular complexity index is 529. The summed E-state index contributed by atoms with van der Waals surface area (Å²) in [4.78, 5) is 23.2. The monoisotopic (exact) mass is 365 g/mol. The van der Waals surface area contributed by atoms with Crippen LogP contribution in [0.4, 0.5) is 4.79 Å². The molecule has 138 valence electrons. The highest BCUT2D eigenvalue weighted by atomic mass is 32.2. The summed E-state index contributed by atoms with van der Waals surface area (Å²) in [5.74, 6) is -0.279. The number of hydrogen-bond donors (Lipinski definition) is 2. The van der Waals surface area contributed by atoms with Crippen LogP contribution in [-0.4, -0.2) is 34.2 Å². The number of alkyl carbamates (subject to hydrolysis) is 1. The van der Waals surface area contributed by atoms with Gasteiger partial charge in [0.25, 0.3) is 0 Å². The van der Waals surface area contributed by atoms with E-state index in [1.54, 1.807) is 0 Å². The maximum absolute atomic E-state index is 11.8. The average Bonchev–Trinajstić information content (AvgIpc) is 2.89. The molecule has 1 fully saturated rings. The molecule has 1 aromatic carbocycles. The van der Waals surface area contributed by atoms with Crippen molar-refractivity contribution in [2.75, 3.05) is 5.75 Å². The number of thioether (sulfide) groups is 1. The second kappa shape index (κ2) is 11.0. The van der Waals surface area contributed by atoms with E-state index < -0.39 is 18.1 Å². The quantitative estimate of drug-likeness (QED) is 0.675. The summed E-state index contributed by atoms with van der Waals surface area (Å²) in [5, 5.41) is 12.4. The molecule has 1 saturated carbocycles. The fourth-order valence-electron chi connectivity index (χ4n) is 2.93. The van der Waals surface area contributed by atoms with Gasteiger partial charge in [-0.3, -0.25) is 0 Å². The van der Waals surface area contributed by atoms with Crippen LogP contribution in [-0.2, 0) is 16.1 Å². The van der Waals surface area contributed by atoms with E-state index in [-0.39, 0.29) is 6.61 Å². The molecule has 1 atom stereocenters. The van der Waals surface area contributed by atoms with Crippen LogP contribution in [0.5, 0.6) is 0 Å². The van der Waals surface area contributed by atoms with Crippen molar-refractivity contribution in [1.29, 1.82) is 0 Å². The number of rotatable bonds is 8. The molecule has 5 nitrogen and oxygen atoms in total. The number of benzene rings is 1. The van der Waals surface area contributed by atoms with Crippen LogP contribution >= 0.6 is 11.8 Å². The predicted octanol–water partition coefficient (Wildman–Crippen LogP) is 4.21. The average molecular weight is 365 g/mol. The van der Waals surface area contributed by atoms with Gasteiger partial charge in [-0.05, 0) is 30.6 Å². The van der Waals surface area contributed by atoms with Gasteiger partial charge in [0, 0.05) is 5.25 Å². The van der Waals surface area contributed by atoms with E-state index in [0.717, 1.165) is 11.3 Å². The highest BCUT2D eigenvalue weighted by molar-refractivity contribution is 7.99. The Kier molecular flexibility index (Phi) is 8.66. The lowest BCUT2D eigenvalue weighted by molar-refractivity contribution is -0.139. The van der Waals surface area contributed by atoms with Crippen LogP contribution in [0.2, 0.25) is 0 Å². The second-order valence-corrected chi connectivity index (χ2v) is 7.78. The van der Waals surface area contributed by atoms with Gasteiger partial charge in [-0.15, -0.1) is 0 Å². The standard InChI is InChI=1S/C19H27NO4S/c21-18(22)17(12-13-25-16-10-6-1-2-7-11-16)20-19(23)24-14-15-8-4-3-5-9-15/h3-5,8-9,16-17H,1-2,6-7,10-14H2,(H,20,23)(H,21,22). The molecule has 1 aliphatic carbocycles. The van der Waals surface area contributed by atoms with E-state index in [0.29, 0.717) is 11.7 Å². The van der Waals surface area contributed by atoms with Crippen LogP contribution in [0.1, 0.15) is 50.5 Å². The van der Waals surface area contributed by atoms with Gasteiger partial charge < -0.3 is 15.2 Å². The number of hydrogen-bond acceptors (Lipinski definition) is 4. The van der Waals surface area contributed by atoms with Crippen molar-refractivity contribution in [3.63, 3.8) is 0 Å². The van der Waals surface area contributed by atoms with Crippen molar-refractivity contribution in [1.82, 2.24) is 5.32 Å². The molecule has 25 heavy (non-hydrogen) atoms. The summed E-state index contributed by atoms with van der Waals surface area (Å²) >= 11 is 1.84. The van der Waals surface area contributed by atoms with Gasteiger partial charge in [0.2, 0.25) is 0 Å². The molecule has 0 bridgehead atoms. The number of ether oxygens (including phenoxy) is 1. The Labute approximate surface area is 153 Å². The number of nitrogens with one attached hydrogen (secondary N) is 1. The minimum atomic E-state index is -1.02. The molecule has 1 aromatic rings. The number of aliphatic carboxylic acids is 1. The van der Waals surface area contributed by atoms with Crippen LogP contribution in [0.3, 0.4) is 0 Å². The van der Waals surface area contributed by atoms with E-state index in [4.69, 9.17) is 4.74 Å². The van der Waals surface area contributed by atoms with Gasteiger partial charge in [-0.1, -0.05) is 56.0 Å². The third kappa shape index (κ3) is 7.82. The molecule has 0 aliphatic heterocycles. The Morgan fingerprint density at radius 3 is 2.48 bits per heavy atom. The summed E-state index contributed by atoms with van der Waals surface area (Å²) in [6.07, 6.45) is 7.32. The maximum Gasteiger partial charge on any atom is 0.408 e. The van der Waals surface area contributed by atoms with Crippen LogP contribution in [0.15, 0.2) is 30.3 Å². The SMILES string of the molecule is O=C(NC(CCSC1CCCCCC1)C(=O)O)OCc1ccccc1. The van der Waals surface area contributed by atoms with Gasteiger partial charge in [-0.25, -0.2) is 9.59 Å². The third-order valence-electron chi connectivity index (χ3n) is 4.37. The van der Waals surface area contributed by atoms with Crippen LogP contribution in [0, 0.1) is 0 Å². The molecule has 0 aromatic heterocycles. The topological polar surface area (TPSA) is 75.6 Å². The molecule has 0 saturated heterocycles. The molecule has 6 heteroatoms. The van der Waals surface area contributed by atoms with E-state index >= 15 is 0 Å². The molecular weight excluding hydrogens is 338 g/mol. The van der Waals surface area contributed by atoms with Gasteiger partial charge in [0.05, 0.1) is 0 Å². The Morgan fingerprint density at radius 2 is 1.84 bits per heavy atom. The molecule has 1 amide bonds. The van der Waals surface area contributed by atoms with Gasteiger partial charge in [0.15, 0.2) is 0 Å². The second-order valence-electron chi connectivity index (χ2n) is 6.37. The third-order valence-corrected chi connectivity index (χ3v) is 5.78. The highest BCUT2D eigenvalue weighted by Crippen LogP contribution is 2.27. The maximum atomic E-state index is 11.8. The van der Waals surface area contributed by atoms with Crippen LogP contribution in [0.25, 0.3) is 0 Å². The first-order valence-electron chi connectivity index (χ1n) is 8.97. The zero-order chi connectivity index (χ0) is 17.9. The fourth-order valence-corrected chi connectivity index (χ4v) is 4.30. The normalized spacial score (nSPS) is 16.6. The van der Waals surface area contributed by atoms with Gasteiger partial charge in [-0.2, -0.15) is 11.8 Å². The van der Waals surface area contributed by atoms with Gasteiger partial charge in [0.1, 0.15) is 12.6 Å². The number of carbonyl (C=O) groups excluding carboxylic acids is 1. The first-order chi connectivity index (χ1) is 12.1. The van der Waals surface area contributed by atoms with Crippen molar-refractivity contribution >= 4 is 23.8 Å². The molecule has 0 spiro atoms. The summed E-state index contributed by atoms with van der Waals surface area (Å²) in [6, 6.07) is 8.41. The molecule has 1 unspecified atom stereocenters. The van der Waals surface area contributed by atoms with Crippen molar-refractivity contribution < 1.29 is 19.4 Å². The minimum Gasteiger partial charge on any atom is -0.480 e. The lowest BCUT2D eigenvalue weighted by atomic mass is 10.2. The predicted molar refractivity (Wildman–Crippen MR) is 99.8 cm³/mol. The number of amides is 1. The van der Waals surface area contributed by atoms with E-state index in [9.17, 15) is 14.7 Å². The van der Waals surface area contributed by atoms with Gasteiger partial charge >= 0.3 is 12.1 Å². The Hall–Kier alpha value is -1.69. The lowest BCUT2D eigenvalue weighted by Crippen LogP contribution is -2.41. The van der Waals surface area contributed by atoms with E-state index in [2.05, 4.69) is 5.32 Å². The zero-order valence-corrected chi connectivity index (χ0v) is 15.3. The molecule has 0 radical (unpaired) electrons. The molecule has 2 rings (SSSR count). The highest BCUT2D eigenvalue weighted by Gasteiger charge is 2.21. The van der Waals surface area contributed by atoms with Crippen molar-refractivity contribution in [3.05, 3.63) is 35.9 Å². The Morgan fingerprint density at radius 1 is 1.16 bits per heavy atom. The first kappa shape index (κ1) is 19.6. The molecule has 1 aliphatic rings. The lowest BCUT2D eigenvalue weighted by Gasteiger charge is -2.17. The summed E-state index contributed by atoms with van der Waals surface area (Å²) in [7, 11) is 0. The molecular formula is C19H27NO4S. The smallest absolute Gasteiger partial charge is 0.408 e. The van der Waals surface area contributed by atoms with E-state index in [1.165, 1.54) is 38.5 Å². The summed E-state index contributed by atoms with van der Waals surface area (Å²) in [6.45, 7) is 0.135. The van der Waals surface area contributed by atoms with Crippen molar-refractivity contribution in [2.45, 2.75) is 62.8 Å². The van der Waals surface area contributed by atoms with Crippen molar-refractivity contribution in [3.8, 4) is 0 Å². The van der Waals surface area contributed by atoms with E-state index in [1.807, 2.05) is 42.1 Å². The number of carboxylic acid groups (broad SMARTS) is 1. The summed E-state index contributed by atoms with van der Waals surface area (Å²) < 4.78 is 5.10. The number of carbonyl (C=O) groups is 2. The zero-order valence-electron chi connectivity index (χ0n) is 14.5. The molecule has 2 N–H and O–H groups in total. The minimum absolute atomic E-state index is 0.135. The Balaban J connectivity index is 1.70. The summed E-state index contributed by atoms with van der Waals surface area (Å²) in [5.41, 5.74) is 0.869. The largest absolute Gasteiger partial charge is 0.480 e. The fraction of sp³-hybridized carbons (Fsp3) is 0.579. The molecule has 0 heterocycles. The first-order valence-corrected chi connectivity index (χ1v) is 10.0. The number of carboxylic acids is 1. The van der Waals surface area contributed by atoms with Crippen molar-refractivity contribution in [2.24, 2.45) is 0 Å². The van der Waals surface area contributed by atoms with Crippen LogP contribution < -0.4 is 5.32 Å².